The van der Waals surface area contributed by atoms with Crippen molar-refractivity contribution in [3.63, 3.8) is 0 Å². The number of aromatic nitrogens is 6. The third-order valence-electron chi connectivity index (χ3n) is 3.93. The second-order valence-corrected chi connectivity index (χ2v) is 6.85. The second-order valence-electron chi connectivity index (χ2n) is 5.64. The molecule has 0 bridgehead atoms. The van der Waals surface area contributed by atoms with E-state index < -0.39 is 0 Å². The van der Waals surface area contributed by atoms with Gasteiger partial charge >= 0.3 is 6.01 Å². The van der Waals surface area contributed by atoms with Crippen molar-refractivity contribution in [2.24, 2.45) is 5.92 Å². The zero-order chi connectivity index (χ0) is 16.7. The zero-order valence-electron chi connectivity index (χ0n) is 13.2. The molecule has 0 spiro atoms. The van der Waals surface area contributed by atoms with Crippen LogP contribution in [0.25, 0.3) is 10.8 Å². The Bertz CT molecular complexity index is 897. The fraction of sp³-hybridized carbons (Fsp3) is 0.429. The van der Waals surface area contributed by atoms with Crippen LogP contribution in [0.1, 0.15) is 22.9 Å². The van der Waals surface area contributed by atoms with Gasteiger partial charge in [0, 0.05) is 6.42 Å². The number of rotatable bonds is 3. The van der Waals surface area contributed by atoms with Crippen LogP contribution in [0.3, 0.4) is 0 Å². The first-order valence-electron chi connectivity index (χ1n) is 7.55. The molecule has 124 valence electrons. The molecule has 3 aromatic rings. The molecule has 24 heavy (non-hydrogen) atoms. The van der Waals surface area contributed by atoms with Crippen LogP contribution in [0.15, 0.2) is 10.7 Å². The first-order valence-corrected chi connectivity index (χ1v) is 8.37. The number of thiazole rings is 1. The van der Waals surface area contributed by atoms with Crippen molar-refractivity contribution >= 4 is 23.3 Å². The Hall–Kier alpha value is -2.62. The zero-order valence-corrected chi connectivity index (χ0v) is 14.0. The third kappa shape index (κ3) is 2.68. The smallest absolute Gasteiger partial charge is 0.322 e. The van der Waals surface area contributed by atoms with E-state index >= 15 is 0 Å². The number of hydrogen-bond acceptors (Lipinski definition) is 8. The van der Waals surface area contributed by atoms with Crippen LogP contribution < -0.4 is 5.32 Å². The summed E-state index contributed by atoms with van der Waals surface area (Å²) in [5, 5.41) is 15.6. The van der Waals surface area contributed by atoms with Gasteiger partial charge in [0.25, 0.3) is 5.89 Å². The van der Waals surface area contributed by atoms with Gasteiger partial charge in [-0.3, -0.25) is 10.1 Å². The highest BCUT2D eigenvalue weighted by molar-refractivity contribution is 7.15. The van der Waals surface area contributed by atoms with E-state index in [1.807, 2.05) is 13.8 Å². The van der Waals surface area contributed by atoms with Gasteiger partial charge in [-0.2, -0.15) is 5.10 Å². The predicted octanol–water partition coefficient (Wildman–Crippen LogP) is 1.60. The maximum Gasteiger partial charge on any atom is 0.322 e. The van der Waals surface area contributed by atoms with E-state index in [0.29, 0.717) is 12.4 Å². The summed E-state index contributed by atoms with van der Waals surface area (Å²) in [4.78, 5) is 21.7. The highest BCUT2D eigenvalue weighted by Gasteiger charge is 2.27. The van der Waals surface area contributed by atoms with Crippen molar-refractivity contribution in [2.45, 2.75) is 33.2 Å². The molecule has 0 fully saturated rings. The second kappa shape index (κ2) is 5.78. The van der Waals surface area contributed by atoms with Gasteiger partial charge in [0.2, 0.25) is 5.91 Å². The molecule has 0 saturated carbocycles. The van der Waals surface area contributed by atoms with Gasteiger partial charge in [-0.05, 0) is 20.3 Å². The quantitative estimate of drug-likeness (QED) is 0.767. The van der Waals surface area contributed by atoms with Crippen LogP contribution >= 0.6 is 11.3 Å². The van der Waals surface area contributed by atoms with E-state index in [-0.39, 0.29) is 17.8 Å². The molecule has 0 aromatic carbocycles. The van der Waals surface area contributed by atoms with E-state index in [9.17, 15) is 4.79 Å². The summed E-state index contributed by atoms with van der Waals surface area (Å²) < 4.78 is 7.32. The Morgan fingerprint density at radius 1 is 1.42 bits per heavy atom. The number of fused-ring (bicyclic) bond motifs is 1. The van der Waals surface area contributed by atoms with Crippen molar-refractivity contribution in [1.82, 2.24) is 29.9 Å². The highest BCUT2D eigenvalue weighted by atomic mass is 32.1. The molecule has 4 rings (SSSR count). The van der Waals surface area contributed by atoms with Gasteiger partial charge in [-0.25, -0.2) is 14.6 Å². The molecule has 9 nitrogen and oxygen atoms in total. The molecule has 3 aromatic heterocycles. The Kier molecular flexibility index (Phi) is 3.60. The molecule has 1 N–H and O–H groups in total. The number of anilines is 1. The minimum Gasteiger partial charge on any atom is -0.402 e. The van der Waals surface area contributed by atoms with Gasteiger partial charge in [-0.1, -0.05) is 5.10 Å². The molecular weight excluding hydrogens is 330 g/mol. The Balaban J connectivity index is 1.46. The Morgan fingerprint density at radius 2 is 2.29 bits per heavy atom. The molecule has 1 amide bonds. The lowest BCUT2D eigenvalue weighted by molar-refractivity contribution is -0.121. The lowest BCUT2D eigenvalue weighted by Gasteiger charge is -2.20. The number of aryl methyl sites for hydroxylation is 3. The molecule has 10 heteroatoms. The average molecular weight is 345 g/mol. The molecule has 0 aliphatic carbocycles. The van der Waals surface area contributed by atoms with E-state index in [1.54, 1.807) is 4.68 Å². The molecule has 1 aliphatic rings. The summed E-state index contributed by atoms with van der Waals surface area (Å²) in [6, 6.07) is 0.102. The summed E-state index contributed by atoms with van der Waals surface area (Å²) in [7, 11) is 0. The number of amides is 1. The van der Waals surface area contributed by atoms with Crippen LogP contribution in [0.2, 0.25) is 0 Å². The van der Waals surface area contributed by atoms with Crippen LogP contribution in [0.5, 0.6) is 0 Å². The van der Waals surface area contributed by atoms with Crippen molar-refractivity contribution in [1.29, 1.82) is 0 Å². The summed E-state index contributed by atoms with van der Waals surface area (Å²) in [5.74, 6) is 0.941. The largest absolute Gasteiger partial charge is 0.402 e. The molecule has 0 saturated heterocycles. The van der Waals surface area contributed by atoms with Gasteiger partial charge in [0.1, 0.15) is 17.0 Å². The lowest BCUT2D eigenvalue weighted by Crippen LogP contribution is -2.31. The Morgan fingerprint density at radius 3 is 3.08 bits per heavy atom. The molecule has 4 heterocycles. The minimum atomic E-state index is -0.193. The first-order chi connectivity index (χ1) is 11.6. The number of carbonyl (C=O) groups is 1. The van der Waals surface area contributed by atoms with E-state index in [0.717, 1.165) is 34.2 Å². The molecule has 1 unspecified atom stereocenters. The standard InChI is InChI=1S/C14H15N7O2S/c1-7-11(24-8(2)17-7)13-19-20-14(23-13)18-12(22)9-3-4-10-15-6-16-21(10)5-9/h6,9H,3-5H2,1-2H3,(H,18,20,22). The van der Waals surface area contributed by atoms with Crippen LogP contribution in [0, 0.1) is 19.8 Å². The molecule has 0 radical (unpaired) electrons. The van der Waals surface area contributed by atoms with Crippen LogP contribution in [0.4, 0.5) is 6.01 Å². The number of carbonyl (C=O) groups excluding carboxylic acids is 1. The van der Waals surface area contributed by atoms with Crippen molar-refractivity contribution in [3.05, 3.63) is 22.9 Å². The van der Waals surface area contributed by atoms with E-state index in [4.69, 9.17) is 4.42 Å². The molecular formula is C14H15N7O2S. The number of nitrogens with zero attached hydrogens (tertiary/aromatic N) is 6. The minimum absolute atomic E-state index is 0.102. The normalized spacial score (nSPS) is 16.8. The average Bonchev–Trinajstić information content (AvgIpc) is 3.26. The fourth-order valence-corrected chi connectivity index (χ4v) is 3.60. The van der Waals surface area contributed by atoms with Gasteiger partial charge in [-0.15, -0.1) is 16.4 Å². The van der Waals surface area contributed by atoms with E-state index in [2.05, 4.69) is 30.6 Å². The fourth-order valence-electron chi connectivity index (χ4n) is 2.75. The van der Waals surface area contributed by atoms with Gasteiger partial charge in [0.15, 0.2) is 0 Å². The molecule has 1 aliphatic heterocycles. The maximum atomic E-state index is 12.4. The molecule has 1 atom stereocenters. The van der Waals surface area contributed by atoms with Crippen LogP contribution in [-0.2, 0) is 17.8 Å². The SMILES string of the molecule is Cc1nc(C)c(-c2nnc(NC(=O)C3CCc4ncnn4C3)o2)s1. The Labute approximate surface area is 141 Å². The van der Waals surface area contributed by atoms with Crippen molar-refractivity contribution in [2.75, 3.05) is 5.32 Å². The monoisotopic (exact) mass is 345 g/mol. The van der Waals surface area contributed by atoms with Gasteiger partial charge < -0.3 is 4.42 Å². The predicted molar refractivity (Wildman–Crippen MR) is 85.3 cm³/mol. The lowest BCUT2D eigenvalue weighted by atomic mass is 9.99. The summed E-state index contributed by atoms with van der Waals surface area (Å²) >= 11 is 1.48. The highest BCUT2D eigenvalue weighted by Crippen LogP contribution is 2.29. The van der Waals surface area contributed by atoms with Crippen molar-refractivity contribution in [3.8, 4) is 10.8 Å². The van der Waals surface area contributed by atoms with Crippen molar-refractivity contribution < 1.29 is 9.21 Å². The van der Waals surface area contributed by atoms with Gasteiger partial charge in [0.05, 0.1) is 23.2 Å². The summed E-state index contributed by atoms with van der Waals surface area (Å²) in [5.41, 5.74) is 0.838. The summed E-state index contributed by atoms with van der Waals surface area (Å²) in [6.07, 6.45) is 2.96. The topological polar surface area (TPSA) is 112 Å². The number of nitrogens with one attached hydrogen (secondary N) is 1. The first kappa shape index (κ1) is 14.9. The summed E-state index contributed by atoms with van der Waals surface area (Å²) in [6.45, 7) is 4.32. The third-order valence-corrected chi connectivity index (χ3v) is 4.99. The van der Waals surface area contributed by atoms with Crippen LogP contribution in [-0.4, -0.2) is 35.9 Å². The maximum absolute atomic E-state index is 12.4. The number of hydrogen-bond donors (Lipinski definition) is 1. The van der Waals surface area contributed by atoms with E-state index in [1.165, 1.54) is 17.7 Å².